The second-order valence-electron chi connectivity index (χ2n) is 5.06. The van der Waals surface area contributed by atoms with E-state index >= 15 is 0 Å². The fourth-order valence-corrected chi connectivity index (χ4v) is 2.43. The summed E-state index contributed by atoms with van der Waals surface area (Å²) in [5.41, 5.74) is 1.56. The molecule has 0 spiro atoms. The molecule has 0 bridgehead atoms. The first kappa shape index (κ1) is 14.1. The van der Waals surface area contributed by atoms with Gasteiger partial charge in [0.25, 0.3) is 0 Å². The lowest BCUT2D eigenvalue weighted by Gasteiger charge is -2.08. The first-order valence-corrected chi connectivity index (χ1v) is 7.36. The molecule has 0 amide bonds. The molecule has 1 N–H and O–H groups in total. The Labute approximate surface area is 138 Å². The highest BCUT2D eigenvalue weighted by molar-refractivity contribution is 5.88. The van der Waals surface area contributed by atoms with Crippen LogP contribution in [0.3, 0.4) is 0 Å². The summed E-state index contributed by atoms with van der Waals surface area (Å²) in [6.45, 7) is 0. The van der Waals surface area contributed by atoms with Crippen LogP contribution in [-0.4, -0.2) is 31.8 Å². The van der Waals surface area contributed by atoms with Crippen molar-refractivity contribution < 1.29 is 4.74 Å². The minimum Gasteiger partial charge on any atom is -0.497 e. The van der Waals surface area contributed by atoms with E-state index in [2.05, 4.69) is 25.4 Å². The van der Waals surface area contributed by atoms with E-state index in [1.54, 1.807) is 24.2 Å². The van der Waals surface area contributed by atoms with Crippen LogP contribution in [0.15, 0.2) is 61.2 Å². The van der Waals surface area contributed by atoms with Gasteiger partial charge in [-0.25, -0.2) is 15.0 Å². The van der Waals surface area contributed by atoms with Gasteiger partial charge in [-0.05, 0) is 24.3 Å². The fourth-order valence-electron chi connectivity index (χ4n) is 2.43. The molecule has 24 heavy (non-hydrogen) atoms. The van der Waals surface area contributed by atoms with Gasteiger partial charge in [-0.1, -0.05) is 12.1 Å². The SMILES string of the molecule is COc1cccc(Nc2ncnc3c2cnn3-c2ccccn2)c1. The average Bonchev–Trinajstić information content (AvgIpc) is 3.08. The van der Waals surface area contributed by atoms with E-state index in [4.69, 9.17) is 4.74 Å². The molecule has 118 valence electrons. The Kier molecular flexibility index (Phi) is 3.51. The van der Waals surface area contributed by atoms with Crippen LogP contribution in [0.2, 0.25) is 0 Å². The number of methoxy groups -OCH3 is 1. The molecule has 0 fully saturated rings. The summed E-state index contributed by atoms with van der Waals surface area (Å²) in [5, 5.41) is 8.48. The Morgan fingerprint density at radius 2 is 2.00 bits per heavy atom. The monoisotopic (exact) mass is 318 g/mol. The highest BCUT2D eigenvalue weighted by Gasteiger charge is 2.12. The molecule has 7 nitrogen and oxygen atoms in total. The van der Waals surface area contributed by atoms with E-state index in [0.29, 0.717) is 17.3 Å². The van der Waals surface area contributed by atoms with Gasteiger partial charge in [0.2, 0.25) is 0 Å². The summed E-state index contributed by atoms with van der Waals surface area (Å²) < 4.78 is 6.93. The van der Waals surface area contributed by atoms with E-state index in [0.717, 1.165) is 16.8 Å². The van der Waals surface area contributed by atoms with E-state index in [1.165, 1.54) is 6.33 Å². The molecule has 7 heteroatoms. The largest absolute Gasteiger partial charge is 0.497 e. The smallest absolute Gasteiger partial charge is 0.170 e. The summed E-state index contributed by atoms with van der Waals surface area (Å²) in [5.74, 6) is 2.16. The van der Waals surface area contributed by atoms with Crippen molar-refractivity contribution in [1.82, 2.24) is 24.7 Å². The van der Waals surface area contributed by atoms with Crippen LogP contribution in [0, 0.1) is 0 Å². The van der Waals surface area contributed by atoms with E-state index in [1.807, 2.05) is 42.5 Å². The van der Waals surface area contributed by atoms with Crippen LogP contribution < -0.4 is 10.1 Å². The third-order valence-electron chi connectivity index (χ3n) is 3.56. The van der Waals surface area contributed by atoms with Crippen LogP contribution in [0.25, 0.3) is 16.9 Å². The van der Waals surface area contributed by atoms with Crippen molar-refractivity contribution in [3.63, 3.8) is 0 Å². The zero-order valence-electron chi connectivity index (χ0n) is 12.9. The quantitative estimate of drug-likeness (QED) is 0.623. The van der Waals surface area contributed by atoms with Gasteiger partial charge in [-0.3, -0.25) is 0 Å². The van der Waals surface area contributed by atoms with Crippen molar-refractivity contribution in [3.05, 3.63) is 61.2 Å². The highest BCUT2D eigenvalue weighted by atomic mass is 16.5. The molecule has 4 rings (SSSR count). The minimum atomic E-state index is 0.676. The summed E-state index contributed by atoms with van der Waals surface area (Å²) in [6.07, 6.45) is 4.96. The first-order valence-electron chi connectivity index (χ1n) is 7.36. The Morgan fingerprint density at radius 3 is 2.83 bits per heavy atom. The van der Waals surface area contributed by atoms with Crippen molar-refractivity contribution in [1.29, 1.82) is 0 Å². The second kappa shape index (κ2) is 5.96. The number of ether oxygens (including phenoxy) is 1. The van der Waals surface area contributed by atoms with Gasteiger partial charge in [0.15, 0.2) is 11.5 Å². The van der Waals surface area contributed by atoms with Crippen molar-refractivity contribution in [2.75, 3.05) is 12.4 Å². The lowest BCUT2D eigenvalue weighted by Crippen LogP contribution is -2.01. The zero-order chi connectivity index (χ0) is 16.4. The van der Waals surface area contributed by atoms with E-state index in [-0.39, 0.29) is 0 Å². The predicted molar refractivity (Wildman–Crippen MR) is 90.7 cm³/mol. The maximum Gasteiger partial charge on any atom is 0.170 e. The number of hydrogen-bond donors (Lipinski definition) is 1. The number of fused-ring (bicyclic) bond motifs is 1. The number of benzene rings is 1. The third kappa shape index (κ3) is 2.52. The van der Waals surface area contributed by atoms with Crippen LogP contribution in [0.4, 0.5) is 11.5 Å². The Balaban J connectivity index is 1.76. The van der Waals surface area contributed by atoms with Crippen molar-refractivity contribution in [3.8, 4) is 11.6 Å². The van der Waals surface area contributed by atoms with Gasteiger partial charge in [0.1, 0.15) is 17.9 Å². The lowest BCUT2D eigenvalue weighted by atomic mass is 10.3. The third-order valence-corrected chi connectivity index (χ3v) is 3.56. The molecule has 0 atom stereocenters. The number of anilines is 2. The van der Waals surface area contributed by atoms with Gasteiger partial charge in [0, 0.05) is 18.0 Å². The standard InChI is InChI=1S/C17H14N6O/c1-24-13-6-4-5-12(9-13)22-16-14-10-21-23(17(14)20-11-19-16)15-7-2-3-8-18-15/h2-11H,1H3,(H,19,20,22). The maximum absolute atomic E-state index is 5.24. The Hall–Kier alpha value is -3.48. The van der Waals surface area contributed by atoms with E-state index < -0.39 is 0 Å². The maximum atomic E-state index is 5.24. The number of pyridine rings is 1. The zero-order valence-corrected chi connectivity index (χ0v) is 12.9. The van der Waals surface area contributed by atoms with Crippen LogP contribution in [0.1, 0.15) is 0 Å². The van der Waals surface area contributed by atoms with Gasteiger partial charge in [0.05, 0.1) is 18.7 Å². The first-order chi connectivity index (χ1) is 11.8. The average molecular weight is 318 g/mol. The molecule has 0 aliphatic heterocycles. The van der Waals surface area contributed by atoms with Crippen LogP contribution in [0.5, 0.6) is 5.75 Å². The molecule has 1 aromatic carbocycles. The van der Waals surface area contributed by atoms with Gasteiger partial charge in [-0.2, -0.15) is 9.78 Å². The van der Waals surface area contributed by atoms with Gasteiger partial charge in [-0.15, -0.1) is 0 Å². The molecular formula is C17H14N6O. The molecule has 0 saturated carbocycles. The molecular weight excluding hydrogens is 304 g/mol. The molecule has 0 radical (unpaired) electrons. The predicted octanol–water partition coefficient (Wildman–Crippen LogP) is 2.96. The minimum absolute atomic E-state index is 0.676. The van der Waals surface area contributed by atoms with Crippen molar-refractivity contribution >= 4 is 22.5 Å². The van der Waals surface area contributed by atoms with Crippen molar-refractivity contribution in [2.24, 2.45) is 0 Å². The number of aromatic nitrogens is 5. The van der Waals surface area contributed by atoms with E-state index in [9.17, 15) is 0 Å². The van der Waals surface area contributed by atoms with Gasteiger partial charge >= 0.3 is 0 Å². The summed E-state index contributed by atoms with van der Waals surface area (Å²) in [6, 6.07) is 13.3. The van der Waals surface area contributed by atoms with Crippen molar-refractivity contribution in [2.45, 2.75) is 0 Å². The van der Waals surface area contributed by atoms with Crippen LogP contribution in [-0.2, 0) is 0 Å². The topological polar surface area (TPSA) is 77.8 Å². The second-order valence-corrected chi connectivity index (χ2v) is 5.06. The number of nitrogens with zero attached hydrogens (tertiary/aromatic N) is 5. The van der Waals surface area contributed by atoms with Gasteiger partial charge < -0.3 is 10.1 Å². The van der Waals surface area contributed by atoms with Crippen LogP contribution >= 0.6 is 0 Å². The summed E-state index contributed by atoms with van der Waals surface area (Å²) in [4.78, 5) is 13.0. The Morgan fingerprint density at radius 1 is 1.04 bits per heavy atom. The molecule has 4 aromatic rings. The molecule has 0 saturated heterocycles. The number of nitrogens with one attached hydrogen (secondary N) is 1. The molecule has 3 aromatic heterocycles. The number of rotatable bonds is 4. The Bertz CT molecular complexity index is 983. The molecule has 0 aliphatic rings. The summed E-state index contributed by atoms with van der Waals surface area (Å²) >= 11 is 0. The number of hydrogen-bond acceptors (Lipinski definition) is 6. The molecule has 0 aliphatic carbocycles. The lowest BCUT2D eigenvalue weighted by molar-refractivity contribution is 0.415. The molecule has 3 heterocycles. The normalized spacial score (nSPS) is 10.7. The fraction of sp³-hybridized carbons (Fsp3) is 0.0588. The summed E-state index contributed by atoms with van der Waals surface area (Å²) in [7, 11) is 1.64. The highest BCUT2D eigenvalue weighted by Crippen LogP contribution is 2.25. The molecule has 0 unspecified atom stereocenters.